The number of hydrogen-bond donors (Lipinski definition) is 0. The number of piperidine rings is 1. The second kappa shape index (κ2) is 7.55. The van der Waals surface area contributed by atoms with Crippen LogP contribution in [-0.4, -0.2) is 48.9 Å². The first-order valence-electron chi connectivity index (χ1n) is 8.11. The molecule has 1 aliphatic heterocycles. The van der Waals surface area contributed by atoms with E-state index in [4.69, 9.17) is 9.47 Å². The molecule has 1 aromatic carbocycles. The van der Waals surface area contributed by atoms with Gasteiger partial charge in [-0.05, 0) is 57.9 Å². The molecule has 1 atom stereocenters. The maximum absolute atomic E-state index is 12.2. The second-order valence-corrected chi connectivity index (χ2v) is 6.82. The lowest BCUT2D eigenvalue weighted by atomic mass is 10.1. The fourth-order valence-electron chi connectivity index (χ4n) is 2.51. The van der Waals surface area contributed by atoms with E-state index in [1.807, 2.05) is 20.8 Å². The topological polar surface area (TPSA) is 65.1 Å². The van der Waals surface area contributed by atoms with Gasteiger partial charge in [-0.3, -0.25) is 0 Å². The van der Waals surface area contributed by atoms with Gasteiger partial charge in [-0.2, -0.15) is 0 Å². The van der Waals surface area contributed by atoms with Gasteiger partial charge in [0.1, 0.15) is 17.5 Å². The lowest BCUT2D eigenvalue weighted by Gasteiger charge is -2.34. The zero-order valence-electron chi connectivity index (χ0n) is 14.7. The molecule has 0 N–H and O–H groups in total. The Morgan fingerprint density at radius 2 is 1.83 bits per heavy atom. The molecule has 1 aliphatic rings. The molecule has 6 nitrogen and oxygen atoms in total. The number of benzene rings is 1. The van der Waals surface area contributed by atoms with Gasteiger partial charge in [-0.1, -0.05) is 0 Å². The summed E-state index contributed by atoms with van der Waals surface area (Å²) in [4.78, 5) is 25.3. The summed E-state index contributed by atoms with van der Waals surface area (Å²) >= 11 is 0. The van der Waals surface area contributed by atoms with E-state index >= 15 is 0 Å². The molecule has 1 fully saturated rings. The van der Waals surface area contributed by atoms with Crippen LogP contribution in [0.4, 0.5) is 4.79 Å². The Labute approximate surface area is 142 Å². The van der Waals surface area contributed by atoms with Crippen LogP contribution in [0.2, 0.25) is 0 Å². The number of likely N-dealkylation sites (tertiary alicyclic amines) is 1. The Hall–Kier alpha value is -2.24. The van der Waals surface area contributed by atoms with E-state index in [-0.39, 0.29) is 18.2 Å². The smallest absolute Gasteiger partial charge is 0.410 e. The van der Waals surface area contributed by atoms with E-state index in [9.17, 15) is 9.59 Å². The van der Waals surface area contributed by atoms with Gasteiger partial charge < -0.3 is 19.1 Å². The van der Waals surface area contributed by atoms with E-state index in [1.54, 1.807) is 29.2 Å². The molecule has 0 aromatic heterocycles. The van der Waals surface area contributed by atoms with E-state index in [2.05, 4.69) is 4.74 Å². The van der Waals surface area contributed by atoms with Crippen molar-refractivity contribution in [1.82, 2.24) is 4.90 Å². The Kier molecular flexibility index (Phi) is 5.70. The van der Waals surface area contributed by atoms with Crippen LogP contribution >= 0.6 is 0 Å². The number of carbonyl (C=O) groups excluding carboxylic acids is 2. The van der Waals surface area contributed by atoms with Crippen LogP contribution in [-0.2, 0) is 9.47 Å². The zero-order valence-corrected chi connectivity index (χ0v) is 14.7. The molecule has 1 heterocycles. The van der Waals surface area contributed by atoms with Crippen molar-refractivity contribution in [3.05, 3.63) is 29.8 Å². The van der Waals surface area contributed by atoms with Crippen LogP contribution in [0, 0.1) is 0 Å². The predicted octanol–water partition coefficient (Wildman–Crippen LogP) is 3.25. The first-order chi connectivity index (χ1) is 11.3. The van der Waals surface area contributed by atoms with Crippen molar-refractivity contribution >= 4 is 12.1 Å². The molecule has 0 spiro atoms. The van der Waals surface area contributed by atoms with Crippen molar-refractivity contribution in [2.24, 2.45) is 0 Å². The highest BCUT2D eigenvalue weighted by Gasteiger charge is 2.28. The third kappa shape index (κ3) is 5.15. The van der Waals surface area contributed by atoms with Crippen molar-refractivity contribution in [2.45, 2.75) is 45.3 Å². The molecule has 0 bridgehead atoms. The molecule has 0 aliphatic carbocycles. The largest absolute Gasteiger partial charge is 0.489 e. The van der Waals surface area contributed by atoms with Crippen molar-refractivity contribution in [2.75, 3.05) is 20.2 Å². The van der Waals surface area contributed by atoms with Gasteiger partial charge in [-0.15, -0.1) is 0 Å². The van der Waals surface area contributed by atoms with Gasteiger partial charge in [0.25, 0.3) is 0 Å². The summed E-state index contributed by atoms with van der Waals surface area (Å²) in [5.41, 5.74) is -0.0295. The minimum atomic E-state index is -0.505. The van der Waals surface area contributed by atoms with Crippen molar-refractivity contribution < 1.29 is 23.8 Å². The summed E-state index contributed by atoms with van der Waals surface area (Å²) in [6.45, 7) is 6.73. The number of hydrogen-bond acceptors (Lipinski definition) is 5. The van der Waals surface area contributed by atoms with Crippen LogP contribution in [0.15, 0.2) is 24.3 Å². The van der Waals surface area contributed by atoms with Crippen molar-refractivity contribution in [1.29, 1.82) is 0 Å². The normalized spacial score (nSPS) is 18.0. The molecule has 6 heteroatoms. The van der Waals surface area contributed by atoms with Crippen LogP contribution in [0.1, 0.15) is 44.0 Å². The lowest BCUT2D eigenvalue weighted by Crippen LogP contribution is -2.46. The highest BCUT2D eigenvalue weighted by Crippen LogP contribution is 2.21. The Balaban J connectivity index is 1.93. The van der Waals surface area contributed by atoms with Gasteiger partial charge in [0.2, 0.25) is 0 Å². The summed E-state index contributed by atoms with van der Waals surface area (Å²) < 4.78 is 16.0. The van der Waals surface area contributed by atoms with Crippen LogP contribution in [0.3, 0.4) is 0 Å². The van der Waals surface area contributed by atoms with Crippen molar-refractivity contribution in [3.63, 3.8) is 0 Å². The van der Waals surface area contributed by atoms with E-state index < -0.39 is 5.60 Å². The van der Waals surface area contributed by atoms with Gasteiger partial charge in [0.15, 0.2) is 0 Å². The lowest BCUT2D eigenvalue weighted by molar-refractivity contribution is 0.00773. The van der Waals surface area contributed by atoms with Crippen LogP contribution in [0.5, 0.6) is 5.75 Å². The predicted molar refractivity (Wildman–Crippen MR) is 89.2 cm³/mol. The number of methoxy groups -OCH3 is 1. The summed E-state index contributed by atoms with van der Waals surface area (Å²) in [5.74, 6) is 0.286. The molecule has 1 saturated heterocycles. The highest BCUT2D eigenvalue weighted by atomic mass is 16.6. The van der Waals surface area contributed by atoms with Crippen LogP contribution < -0.4 is 4.74 Å². The van der Waals surface area contributed by atoms with Crippen molar-refractivity contribution in [3.8, 4) is 5.75 Å². The molecular weight excluding hydrogens is 310 g/mol. The summed E-state index contributed by atoms with van der Waals surface area (Å²) in [6, 6.07) is 6.79. The molecular formula is C18H25NO5. The number of rotatable bonds is 3. The third-order valence-electron chi connectivity index (χ3n) is 3.61. The standard InChI is InChI=1S/C18H25NO5/c1-18(2,3)24-17(21)19-11-5-6-15(12-19)23-14-9-7-13(8-10-14)16(20)22-4/h7-10,15H,5-6,11-12H2,1-4H3/t15-/m0/s1. The minimum Gasteiger partial charge on any atom is -0.489 e. The van der Waals surface area contributed by atoms with Gasteiger partial charge in [-0.25, -0.2) is 9.59 Å². The average Bonchev–Trinajstić information content (AvgIpc) is 2.53. The van der Waals surface area contributed by atoms with Gasteiger partial charge >= 0.3 is 12.1 Å². The van der Waals surface area contributed by atoms with E-state index in [1.165, 1.54) is 7.11 Å². The first-order valence-corrected chi connectivity index (χ1v) is 8.11. The second-order valence-electron chi connectivity index (χ2n) is 6.82. The molecule has 0 unspecified atom stereocenters. The Morgan fingerprint density at radius 3 is 2.42 bits per heavy atom. The number of carbonyl (C=O) groups is 2. The van der Waals surface area contributed by atoms with Gasteiger partial charge in [0, 0.05) is 6.54 Å². The number of esters is 1. The van der Waals surface area contributed by atoms with E-state index in [0.717, 1.165) is 12.8 Å². The Bertz CT molecular complexity index is 576. The van der Waals surface area contributed by atoms with Gasteiger partial charge in [0.05, 0.1) is 19.2 Å². The summed E-state index contributed by atoms with van der Waals surface area (Å²) in [6.07, 6.45) is 1.34. The number of nitrogens with zero attached hydrogens (tertiary/aromatic N) is 1. The molecule has 2 rings (SSSR count). The monoisotopic (exact) mass is 335 g/mol. The molecule has 0 radical (unpaired) electrons. The molecule has 1 amide bonds. The van der Waals surface area contributed by atoms with Crippen LogP contribution in [0.25, 0.3) is 0 Å². The highest BCUT2D eigenvalue weighted by molar-refractivity contribution is 5.89. The molecule has 24 heavy (non-hydrogen) atoms. The Morgan fingerprint density at radius 1 is 1.17 bits per heavy atom. The fourth-order valence-corrected chi connectivity index (χ4v) is 2.51. The average molecular weight is 335 g/mol. The summed E-state index contributed by atoms with van der Waals surface area (Å²) in [5, 5.41) is 0. The quantitative estimate of drug-likeness (QED) is 0.793. The molecule has 0 saturated carbocycles. The number of amides is 1. The SMILES string of the molecule is COC(=O)c1ccc(O[C@H]2CCCN(C(=O)OC(C)(C)C)C2)cc1. The maximum Gasteiger partial charge on any atom is 0.410 e. The third-order valence-corrected chi connectivity index (χ3v) is 3.61. The minimum absolute atomic E-state index is 0.0877. The summed E-state index contributed by atoms with van der Waals surface area (Å²) in [7, 11) is 1.35. The fraction of sp³-hybridized carbons (Fsp3) is 0.556. The first kappa shape index (κ1) is 18.1. The number of ether oxygens (including phenoxy) is 3. The van der Waals surface area contributed by atoms with E-state index in [0.29, 0.717) is 24.4 Å². The maximum atomic E-state index is 12.2. The zero-order chi connectivity index (χ0) is 17.7. The molecule has 132 valence electrons. The molecule has 1 aromatic rings.